The first-order chi connectivity index (χ1) is 11.1. The molecule has 0 saturated carbocycles. The van der Waals surface area contributed by atoms with E-state index in [-0.39, 0.29) is 5.91 Å². The number of rotatable bonds is 5. The summed E-state index contributed by atoms with van der Waals surface area (Å²) in [7, 11) is 0. The van der Waals surface area contributed by atoms with Gasteiger partial charge in [-0.25, -0.2) is 9.97 Å². The summed E-state index contributed by atoms with van der Waals surface area (Å²) in [6.45, 7) is 6.23. The van der Waals surface area contributed by atoms with Crippen molar-refractivity contribution in [3.8, 4) is 0 Å². The van der Waals surface area contributed by atoms with E-state index in [0.717, 1.165) is 35.3 Å². The molecule has 0 atom stereocenters. The Bertz CT molecular complexity index is 677. The maximum Gasteiger partial charge on any atom is 0.230 e. The first-order valence-corrected chi connectivity index (χ1v) is 8.95. The second-order valence-electron chi connectivity index (χ2n) is 6.13. The largest absolute Gasteiger partial charge is 0.355 e. The molecule has 6 heteroatoms. The Morgan fingerprint density at radius 3 is 2.87 bits per heavy atom. The molecule has 0 radical (unpaired) electrons. The lowest BCUT2D eigenvalue weighted by molar-refractivity contribution is -0.115. The van der Waals surface area contributed by atoms with Gasteiger partial charge >= 0.3 is 0 Å². The smallest absolute Gasteiger partial charge is 0.230 e. The van der Waals surface area contributed by atoms with Crippen molar-refractivity contribution in [3.63, 3.8) is 0 Å². The minimum absolute atomic E-state index is 0.0425. The maximum atomic E-state index is 12.3. The van der Waals surface area contributed by atoms with Gasteiger partial charge in [-0.1, -0.05) is 13.8 Å². The van der Waals surface area contributed by atoms with Crippen LogP contribution in [-0.2, 0) is 11.2 Å². The summed E-state index contributed by atoms with van der Waals surface area (Å²) in [5.74, 6) is 1.23. The lowest BCUT2D eigenvalue weighted by Gasteiger charge is -2.19. The van der Waals surface area contributed by atoms with Crippen molar-refractivity contribution in [1.29, 1.82) is 0 Å². The number of hydrogen-bond acceptors (Lipinski definition) is 5. The third kappa shape index (κ3) is 3.88. The van der Waals surface area contributed by atoms with E-state index in [2.05, 4.69) is 34.0 Å². The molecule has 1 aliphatic rings. The predicted octanol–water partition coefficient (Wildman–Crippen LogP) is 3.44. The third-order valence-electron chi connectivity index (χ3n) is 3.87. The molecular weight excluding hydrogens is 308 g/mol. The van der Waals surface area contributed by atoms with Crippen LogP contribution in [0.3, 0.4) is 0 Å². The highest BCUT2D eigenvalue weighted by Gasteiger charge is 2.18. The summed E-state index contributed by atoms with van der Waals surface area (Å²) in [5, 5.41) is 6.04. The Hall–Kier alpha value is -1.95. The molecule has 122 valence electrons. The van der Waals surface area contributed by atoms with E-state index in [1.807, 2.05) is 17.5 Å². The van der Waals surface area contributed by atoms with Crippen LogP contribution >= 0.6 is 11.3 Å². The second-order valence-corrected chi connectivity index (χ2v) is 7.02. The molecule has 0 aromatic carbocycles. The minimum atomic E-state index is -0.0425. The predicted molar refractivity (Wildman–Crippen MR) is 94.2 cm³/mol. The number of nitrogens with one attached hydrogen (secondary N) is 1. The van der Waals surface area contributed by atoms with Crippen molar-refractivity contribution in [2.24, 2.45) is 0 Å². The number of amides is 1. The van der Waals surface area contributed by atoms with Gasteiger partial charge in [0.2, 0.25) is 5.91 Å². The van der Waals surface area contributed by atoms with Crippen molar-refractivity contribution in [3.05, 3.63) is 34.4 Å². The number of pyridine rings is 1. The fraction of sp³-hybridized carbons (Fsp3) is 0.471. The van der Waals surface area contributed by atoms with Gasteiger partial charge in [-0.2, -0.15) is 0 Å². The van der Waals surface area contributed by atoms with Crippen molar-refractivity contribution >= 4 is 28.7 Å². The van der Waals surface area contributed by atoms with Gasteiger partial charge in [-0.15, -0.1) is 11.3 Å². The molecular formula is C17H22N4OS. The molecule has 1 aliphatic heterocycles. The molecule has 1 N–H and O–H groups in total. The molecule has 1 amide bonds. The zero-order chi connectivity index (χ0) is 16.2. The number of anilines is 2. The van der Waals surface area contributed by atoms with Crippen LogP contribution in [0.4, 0.5) is 11.5 Å². The van der Waals surface area contributed by atoms with E-state index in [9.17, 15) is 4.79 Å². The Kier molecular flexibility index (Phi) is 4.91. The fourth-order valence-electron chi connectivity index (χ4n) is 2.70. The van der Waals surface area contributed by atoms with Gasteiger partial charge in [0.25, 0.3) is 0 Å². The van der Waals surface area contributed by atoms with Crippen LogP contribution in [0.2, 0.25) is 0 Å². The highest BCUT2D eigenvalue weighted by Crippen LogP contribution is 2.26. The van der Waals surface area contributed by atoms with E-state index in [4.69, 9.17) is 0 Å². The number of carbonyl (C=O) groups is 1. The van der Waals surface area contributed by atoms with Crippen LogP contribution in [0.5, 0.6) is 0 Å². The monoisotopic (exact) mass is 330 g/mol. The number of carbonyl (C=O) groups excluding carboxylic acids is 1. The number of thiazole rings is 1. The molecule has 5 nitrogen and oxygen atoms in total. The molecule has 23 heavy (non-hydrogen) atoms. The van der Waals surface area contributed by atoms with E-state index in [1.54, 1.807) is 17.5 Å². The number of hydrogen-bond donors (Lipinski definition) is 1. The Morgan fingerprint density at radius 2 is 2.17 bits per heavy atom. The molecule has 0 aliphatic carbocycles. The van der Waals surface area contributed by atoms with Gasteiger partial charge < -0.3 is 10.2 Å². The van der Waals surface area contributed by atoms with Gasteiger partial charge in [0.05, 0.1) is 22.8 Å². The summed E-state index contributed by atoms with van der Waals surface area (Å²) in [4.78, 5) is 23.5. The molecule has 3 rings (SSSR count). The molecule has 0 bridgehead atoms. The maximum absolute atomic E-state index is 12.3. The van der Waals surface area contributed by atoms with Crippen LogP contribution in [0.1, 0.15) is 43.3 Å². The third-order valence-corrected chi connectivity index (χ3v) is 5.07. The highest BCUT2D eigenvalue weighted by molar-refractivity contribution is 7.09. The highest BCUT2D eigenvalue weighted by atomic mass is 32.1. The van der Waals surface area contributed by atoms with Crippen LogP contribution in [0, 0.1) is 0 Å². The molecule has 2 aromatic heterocycles. The average molecular weight is 330 g/mol. The number of aromatic nitrogens is 2. The van der Waals surface area contributed by atoms with Gasteiger partial charge in [0.15, 0.2) is 5.82 Å². The minimum Gasteiger partial charge on any atom is -0.355 e. The zero-order valence-corrected chi connectivity index (χ0v) is 14.4. The first kappa shape index (κ1) is 15.9. The Balaban J connectivity index is 1.67. The van der Waals surface area contributed by atoms with Crippen LogP contribution < -0.4 is 10.2 Å². The Labute approximate surface area is 140 Å². The van der Waals surface area contributed by atoms with Gasteiger partial charge in [-0.3, -0.25) is 4.79 Å². The van der Waals surface area contributed by atoms with Gasteiger partial charge in [0.1, 0.15) is 0 Å². The lowest BCUT2D eigenvalue weighted by Crippen LogP contribution is -2.23. The Morgan fingerprint density at radius 1 is 1.39 bits per heavy atom. The topological polar surface area (TPSA) is 58.1 Å². The van der Waals surface area contributed by atoms with Crippen LogP contribution in [-0.4, -0.2) is 29.0 Å². The second kappa shape index (κ2) is 7.08. The van der Waals surface area contributed by atoms with E-state index in [1.165, 1.54) is 12.8 Å². The summed E-state index contributed by atoms with van der Waals surface area (Å²) >= 11 is 1.62. The zero-order valence-electron chi connectivity index (χ0n) is 13.6. The summed E-state index contributed by atoms with van der Waals surface area (Å²) in [6, 6.07) is 3.77. The number of nitrogens with zero attached hydrogens (tertiary/aromatic N) is 3. The molecule has 2 aromatic rings. The van der Waals surface area contributed by atoms with E-state index >= 15 is 0 Å². The molecule has 3 heterocycles. The van der Waals surface area contributed by atoms with Crippen molar-refractivity contribution in [1.82, 2.24) is 9.97 Å². The van der Waals surface area contributed by atoms with E-state index in [0.29, 0.717) is 12.3 Å². The SMILES string of the molecule is CC(C)c1nc(CC(=O)Nc2cccnc2N2CCCC2)cs1. The molecule has 0 unspecified atom stereocenters. The lowest BCUT2D eigenvalue weighted by atomic mass is 10.2. The van der Waals surface area contributed by atoms with Crippen molar-refractivity contribution in [2.45, 2.75) is 39.0 Å². The van der Waals surface area contributed by atoms with Crippen molar-refractivity contribution < 1.29 is 4.79 Å². The summed E-state index contributed by atoms with van der Waals surface area (Å²) in [6.07, 6.45) is 4.44. The van der Waals surface area contributed by atoms with Crippen LogP contribution in [0.25, 0.3) is 0 Å². The van der Waals surface area contributed by atoms with E-state index < -0.39 is 0 Å². The first-order valence-electron chi connectivity index (χ1n) is 8.07. The summed E-state index contributed by atoms with van der Waals surface area (Å²) < 4.78 is 0. The summed E-state index contributed by atoms with van der Waals surface area (Å²) in [5.41, 5.74) is 1.63. The fourth-order valence-corrected chi connectivity index (χ4v) is 3.54. The molecule has 1 fully saturated rings. The van der Waals surface area contributed by atoms with Gasteiger partial charge in [-0.05, 0) is 25.0 Å². The van der Waals surface area contributed by atoms with Crippen molar-refractivity contribution in [2.75, 3.05) is 23.3 Å². The molecule has 0 spiro atoms. The average Bonchev–Trinajstić information content (AvgIpc) is 3.19. The standard InChI is InChI=1S/C17H22N4OS/c1-12(2)17-19-13(11-23-17)10-15(22)20-14-6-5-7-18-16(14)21-8-3-4-9-21/h5-7,11-12H,3-4,8-10H2,1-2H3,(H,20,22). The van der Waals surface area contributed by atoms with Crippen LogP contribution in [0.15, 0.2) is 23.7 Å². The molecule has 1 saturated heterocycles. The normalized spacial score (nSPS) is 14.5. The quantitative estimate of drug-likeness (QED) is 0.912. The van der Waals surface area contributed by atoms with Gasteiger partial charge in [0, 0.05) is 30.6 Å².